The predicted octanol–water partition coefficient (Wildman–Crippen LogP) is 1.47. The number of amides is 6. The fourth-order valence-corrected chi connectivity index (χ4v) is 2.97. The normalized spacial score (nSPS) is 19.2. The minimum atomic E-state index is -1.18. The van der Waals surface area contributed by atoms with E-state index < -0.39 is 36.0 Å². The Morgan fingerprint density at radius 2 is 1.81 bits per heavy atom. The van der Waals surface area contributed by atoms with E-state index in [1.807, 2.05) is 19.9 Å². The minimum Gasteiger partial charge on any atom is -0.338 e. The highest BCUT2D eigenvalue weighted by Gasteiger charge is 2.52. The second-order valence-corrected chi connectivity index (χ2v) is 6.15. The predicted molar refractivity (Wildman–Crippen MR) is 95.1 cm³/mol. The highest BCUT2D eigenvalue weighted by Crippen LogP contribution is 2.33. The zero-order valence-corrected chi connectivity index (χ0v) is 15.0. The molecular formula is C18H24N4O4. The van der Waals surface area contributed by atoms with Crippen LogP contribution in [0.25, 0.3) is 0 Å². The molecular weight excluding hydrogens is 336 g/mol. The summed E-state index contributed by atoms with van der Waals surface area (Å²) in [4.78, 5) is 49.8. The maximum atomic E-state index is 13.0. The van der Waals surface area contributed by atoms with Crippen molar-refractivity contribution in [1.82, 2.24) is 20.9 Å². The van der Waals surface area contributed by atoms with Crippen molar-refractivity contribution in [2.45, 2.75) is 38.6 Å². The number of imide groups is 2. The van der Waals surface area contributed by atoms with Crippen molar-refractivity contribution in [3.8, 4) is 0 Å². The fourth-order valence-electron chi connectivity index (χ4n) is 2.97. The van der Waals surface area contributed by atoms with Crippen LogP contribution >= 0.6 is 0 Å². The summed E-state index contributed by atoms with van der Waals surface area (Å²) in [7, 11) is 0. The molecule has 8 nitrogen and oxygen atoms in total. The van der Waals surface area contributed by atoms with Gasteiger partial charge in [0.25, 0.3) is 5.91 Å². The smallest absolute Gasteiger partial charge is 0.325 e. The summed E-state index contributed by atoms with van der Waals surface area (Å²) in [6.07, 6.45) is 1.81. The summed E-state index contributed by atoms with van der Waals surface area (Å²) < 4.78 is 0. The summed E-state index contributed by atoms with van der Waals surface area (Å²) in [6, 6.07) is 7.66. The molecule has 3 N–H and O–H groups in total. The molecule has 1 saturated heterocycles. The highest BCUT2D eigenvalue weighted by atomic mass is 16.2. The van der Waals surface area contributed by atoms with Crippen LogP contribution in [-0.2, 0) is 15.1 Å². The molecule has 1 heterocycles. The summed E-state index contributed by atoms with van der Waals surface area (Å²) in [5.74, 6) is -1.21. The van der Waals surface area contributed by atoms with E-state index >= 15 is 0 Å². The maximum absolute atomic E-state index is 13.0. The van der Waals surface area contributed by atoms with E-state index in [-0.39, 0.29) is 0 Å². The molecule has 0 bridgehead atoms. The van der Waals surface area contributed by atoms with Crippen molar-refractivity contribution >= 4 is 23.9 Å². The number of nitrogens with zero attached hydrogens (tertiary/aromatic N) is 1. The van der Waals surface area contributed by atoms with E-state index in [0.29, 0.717) is 24.9 Å². The Morgan fingerprint density at radius 3 is 2.42 bits per heavy atom. The lowest BCUT2D eigenvalue weighted by Crippen LogP contribution is -2.47. The largest absolute Gasteiger partial charge is 0.338 e. The van der Waals surface area contributed by atoms with Crippen LogP contribution in [0.4, 0.5) is 9.59 Å². The first-order valence-corrected chi connectivity index (χ1v) is 8.72. The van der Waals surface area contributed by atoms with Gasteiger partial charge in [-0.05, 0) is 18.4 Å². The molecule has 1 aromatic carbocycles. The van der Waals surface area contributed by atoms with Crippen LogP contribution in [0, 0.1) is 0 Å². The molecule has 1 aliphatic heterocycles. The molecule has 2 rings (SSSR count). The van der Waals surface area contributed by atoms with Crippen LogP contribution in [0.1, 0.15) is 38.7 Å². The average Bonchev–Trinajstić information content (AvgIpc) is 2.86. The van der Waals surface area contributed by atoms with Gasteiger partial charge in [0.2, 0.25) is 5.91 Å². The lowest BCUT2D eigenvalue weighted by atomic mass is 9.85. The van der Waals surface area contributed by atoms with Crippen LogP contribution in [0.3, 0.4) is 0 Å². The van der Waals surface area contributed by atoms with E-state index in [2.05, 4.69) is 16.0 Å². The third-order valence-electron chi connectivity index (χ3n) is 4.16. The molecule has 6 amide bonds. The lowest BCUT2D eigenvalue weighted by Gasteiger charge is -2.26. The molecule has 1 aromatic rings. The average molecular weight is 360 g/mol. The van der Waals surface area contributed by atoms with Crippen molar-refractivity contribution in [3.05, 3.63) is 35.9 Å². The maximum Gasteiger partial charge on any atom is 0.325 e. The van der Waals surface area contributed by atoms with E-state index in [1.54, 1.807) is 24.3 Å². The van der Waals surface area contributed by atoms with E-state index in [9.17, 15) is 19.2 Å². The van der Waals surface area contributed by atoms with Crippen molar-refractivity contribution in [1.29, 1.82) is 0 Å². The molecule has 26 heavy (non-hydrogen) atoms. The summed E-state index contributed by atoms with van der Waals surface area (Å²) in [5, 5.41) is 7.35. The third-order valence-corrected chi connectivity index (χ3v) is 4.16. The first-order valence-electron chi connectivity index (χ1n) is 8.72. The Kier molecular flexibility index (Phi) is 6.32. The Morgan fingerprint density at radius 1 is 1.12 bits per heavy atom. The van der Waals surface area contributed by atoms with Gasteiger partial charge in [0.1, 0.15) is 12.1 Å². The van der Waals surface area contributed by atoms with Crippen molar-refractivity contribution < 1.29 is 19.2 Å². The zero-order chi connectivity index (χ0) is 19.2. The van der Waals surface area contributed by atoms with Gasteiger partial charge in [-0.1, -0.05) is 50.6 Å². The Hall–Kier alpha value is -2.90. The minimum absolute atomic E-state index is 0.413. The van der Waals surface area contributed by atoms with Crippen LogP contribution in [0.15, 0.2) is 30.3 Å². The summed E-state index contributed by atoms with van der Waals surface area (Å²) in [5.41, 5.74) is -0.513. The quantitative estimate of drug-likeness (QED) is 0.640. The molecule has 0 saturated carbocycles. The van der Waals surface area contributed by atoms with Gasteiger partial charge in [-0.15, -0.1) is 0 Å². The van der Waals surface area contributed by atoms with Crippen LogP contribution in [0.5, 0.6) is 0 Å². The van der Waals surface area contributed by atoms with Crippen LogP contribution in [-0.4, -0.2) is 41.9 Å². The molecule has 1 atom stereocenters. The van der Waals surface area contributed by atoms with Gasteiger partial charge in [-0.25, -0.2) is 9.59 Å². The molecule has 0 aliphatic carbocycles. The number of carbonyl (C=O) groups is 4. The van der Waals surface area contributed by atoms with Gasteiger partial charge in [-0.2, -0.15) is 0 Å². The topological polar surface area (TPSA) is 108 Å². The third kappa shape index (κ3) is 4.01. The van der Waals surface area contributed by atoms with Gasteiger partial charge in [0.05, 0.1) is 0 Å². The molecule has 0 spiro atoms. The number of nitrogens with one attached hydrogen (secondary N) is 3. The number of rotatable bonds is 7. The Bertz CT molecular complexity index is 692. The molecule has 8 heteroatoms. The number of hydrogen-bond donors (Lipinski definition) is 3. The summed E-state index contributed by atoms with van der Waals surface area (Å²) in [6.45, 7) is 3.71. The summed E-state index contributed by atoms with van der Waals surface area (Å²) >= 11 is 0. The van der Waals surface area contributed by atoms with E-state index in [1.165, 1.54) is 0 Å². The van der Waals surface area contributed by atoms with Crippen LogP contribution in [0.2, 0.25) is 0 Å². The number of carbonyl (C=O) groups excluding carboxylic acids is 4. The van der Waals surface area contributed by atoms with Gasteiger partial charge < -0.3 is 10.6 Å². The standard InChI is InChI=1S/C18H24N4O4/c1-3-10-18(13-8-6-5-7-9-13)15(24)22(17(26)21-18)12-14(23)20-16(25)19-11-4-2/h5-9H,3-4,10-12H2,1-2H3,(H,21,26)(H2,19,20,23,25). The molecule has 140 valence electrons. The number of hydrogen-bond acceptors (Lipinski definition) is 4. The van der Waals surface area contributed by atoms with Gasteiger partial charge in [0.15, 0.2) is 0 Å². The Labute approximate surface area is 152 Å². The molecule has 1 aliphatic rings. The fraction of sp³-hybridized carbons (Fsp3) is 0.444. The number of benzene rings is 1. The van der Waals surface area contributed by atoms with E-state index in [0.717, 1.165) is 11.3 Å². The van der Waals surface area contributed by atoms with E-state index in [4.69, 9.17) is 0 Å². The van der Waals surface area contributed by atoms with Crippen molar-refractivity contribution in [2.24, 2.45) is 0 Å². The molecule has 0 radical (unpaired) electrons. The monoisotopic (exact) mass is 360 g/mol. The molecule has 0 aromatic heterocycles. The first-order chi connectivity index (χ1) is 12.4. The number of urea groups is 2. The molecule has 1 fully saturated rings. The van der Waals surface area contributed by atoms with Crippen LogP contribution < -0.4 is 16.0 Å². The zero-order valence-electron chi connectivity index (χ0n) is 15.0. The second-order valence-electron chi connectivity index (χ2n) is 6.15. The first kappa shape index (κ1) is 19.4. The van der Waals surface area contributed by atoms with Gasteiger partial charge >= 0.3 is 12.1 Å². The van der Waals surface area contributed by atoms with Gasteiger partial charge in [0, 0.05) is 6.54 Å². The van der Waals surface area contributed by atoms with Crippen molar-refractivity contribution in [3.63, 3.8) is 0 Å². The second kappa shape index (κ2) is 8.46. The SMILES string of the molecule is CCCNC(=O)NC(=O)CN1C(=O)NC(CCC)(c2ccccc2)C1=O. The highest BCUT2D eigenvalue weighted by molar-refractivity contribution is 6.10. The lowest BCUT2D eigenvalue weighted by molar-refractivity contribution is -0.135. The van der Waals surface area contributed by atoms with Crippen molar-refractivity contribution in [2.75, 3.05) is 13.1 Å². The van der Waals surface area contributed by atoms with Gasteiger partial charge in [-0.3, -0.25) is 19.8 Å². The molecule has 1 unspecified atom stereocenters. The Balaban J connectivity index is 2.14.